The largest absolute Gasteiger partial charge is 0.352 e. The Morgan fingerprint density at radius 3 is 2.48 bits per heavy atom. The van der Waals surface area contributed by atoms with Crippen LogP contribution in [0.4, 0.5) is 0 Å². The fourth-order valence-electron chi connectivity index (χ4n) is 2.30. The topological polar surface area (TPSA) is 41.1 Å². The SMILES string of the molecule is CC(NC(=O)CNCC1CC1)C(C)(C)c1ccccc1.Cl. The van der Waals surface area contributed by atoms with E-state index < -0.39 is 0 Å². The molecule has 0 heterocycles. The molecule has 1 aromatic carbocycles. The fraction of sp³-hybridized carbons (Fsp3) is 0.588. The monoisotopic (exact) mass is 310 g/mol. The van der Waals surface area contributed by atoms with Crippen LogP contribution in [0.15, 0.2) is 30.3 Å². The number of halogens is 1. The Balaban J connectivity index is 0.00000220. The average Bonchev–Trinajstić information content (AvgIpc) is 3.23. The molecule has 2 rings (SSSR count). The molecule has 1 aliphatic rings. The van der Waals surface area contributed by atoms with Crippen LogP contribution in [-0.2, 0) is 10.2 Å². The molecule has 0 saturated heterocycles. The number of carbonyl (C=O) groups is 1. The lowest BCUT2D eigenvalue weighted by atomic mass is 9.78. The van der Waals surface area contributed by atoms with Gasteiger partial charge >= 0.3 is 0 Å². The predicted molar refractivity (Wildman–Crippen MR) is 89.9 cm³/mol. The highest BCUT2D eigenvalue weighted by molar-refractivity contribution is 5.85. The molecule has 0 aliphatic heterocycles. The summed E-state index contributed by atoms with van der Waals surface area (Å²) in [4.78, 5) is 12.0. The van der Waals surface area contributed by atoms with Gasteiger partial charge in [-0.3, -0.25) is 4.79 Å². The summed E-state index contributed by atoms with van der Waals surface area (Å²) in [5.41, 5.74) is 1.17. The molecule has 0 spiro atoms. The molecule has 2 N–H and O–H groups in total. The van der Waals surface area contributed by atoms with Crippen LogP contribution in [0.1, 0.15) is 39.2 Å². The van der Waals surface area contributed by atoms with Gasteiger partial charge in [0.05, 0.1) is 6.54 Å². The second-order valence-electron chi connectivity index (χ2n) is 6.45. The zero-order valence-electron chi connectivity index (χ0n) is 13.2. The van der Waals surface area contributed by atoms with E-state index in [-0.39, 0.29) is 29.8 Å². The van der Waals surface area contributed by atoms with Gasteiger partial charge in [-0.1, -0.05) is 44.2 Å². The van der Waals surface area contributed by atoms with Gasteiger partial charge in [-0.05, 0) is 37.8 Å². The van der Waals surface area contributed by atoms with E-state index in [1.165, 1.54) is 18.4 Å². The van der Waals surface area contributed by atoms with Gasteiger partial charge in [0.15, 0.2) is 0 Å². The van der Waals surface area contributed by atoms with Gasteiger partial charge in [0.1, 0.15) is 0 Å². The first kappa shape index (κ1) is 18.0. The molecule has 1 aromatic rings. The smallest absolute Gasteiger partial charge is 0.234 e. The standard InChI is InChI=1S/C17H26N2O.ClH/c1-13(17(2,3)15-7-5-4-6-8-15)19-16(20)12-18-11-14-9-10-14;/h4-8,13-14,18H,9-12H2,1-3H3,(H,19,20);1H. The molecule has 4 heteroatoms. The molecular formula is C17H27ClN2O. The maximum atomic E-state index is 12.0. The summed E-state index contributed by atoms with van der Waals surface area (Å²) in [5, 5.41) is 6.34. The van der Waals surface area contributed by atoms with Gasteiger partial charge in [-0.2, -0.15) is 0 Å². The number of amides is 1. The lowest BCUT2D eigenvalue weighted by Gasteiger charge is -2.33. The number of rotatable bonds is 7. The second-order valence-corrected chi connectivity index (χ2v) is 6.45. The minimum absolute atomic E-state index is 0. The van der Waals surface area contributed by atoms with Crippen LogP contribution in [0.3, 0.4) is 0 Å². The lowest BCUT2D eigenvalue weighted by Crippen LogP contribution is -2.48. The molecule has 1 saturated carbocycles. The Labute approximate surface area is 134 Å². The number of hydrogen-bond donors (Lipinski definition) is 2. The summed E-state index contributed by atoms with van der Waals surface area (Å²) in [7, 11) is 0. The Hall–Kier alpha value is -1.06. The van der Waals surface area contributed by atoms with E-state index in [0.717, 1.165) is 12.5 Å². The van der Waals surface area contributed by atoms with E-state index in [0.29, 0.717) is 6.54 Å². The van der Waals surface area contributed by atoms with Crippen molar-refractivity contribution in [1.29, 1.82) is 0 Å². The highest BCUT2D eigenvalue weighted by Gasteiger charge is 2.29. The van der Waals surface area contributed by atoms with Crippen molar-refractivity contribution in [2.24, 2.45) is 5.92 Å². The molecule has 1 fully saturated rings. The minimum Gasteiger partial charge on any atom is -0.352 e. The van der Waals surface area contributed by atoms with Gasteiger partial charge in [0.25, 0.3) is 0 Å². The second kappa shape index (κ2) is 7.81. The van der Waals surface area contributed by atoms with Crippen molar-refractivity contribution in [3.63, 3.8) is 0 Å². The summed E-state index contributed by atoms with van der Waals surface area (Å²) >= 11 is 0. The van der Waals surface area contributed by atoms with Gasteiger partial charge in [0.2, 0.25) is 5.91 Å². The third-order valence-corrected chi connectivity index (χ3v) is 4.39. The molecule has 0 aromatic heterocycles. The Morgan fingerprint density at radius 1 is 1.29 bits per heavy atom. The third kappa shape index (κ3) is 5.33. The van der Waals surface area contributed by atoms with E-state index in [4.69, 9.17) is 0 Å². The minimum atomic E-state index is -0.0760. The molecule has 1 atom stereocenters. The average molecular weight is 311 g/mol. The van der Waals surface area contributed by atoms with E-state index in [9.17, 15) is 4.79 Å². The van der Waals surface area contributed by atoms with Gasteiger partial charge < -0.3 is 10.6 Å². The Kier molecular flexibility index (Phi) is 6.69. The van der Waals surface area contributed by atoms with E-state index in [1.54, 1.807) is 0 Å². The van der Waals surface area contributed by atoms with Crippen molar-refractivity contribution in [2.75, 3.05) is 13.1 Å². The molecule has 1 aliphatic carbocycles. The molecule has 1 amide bonds. The zero-order valence-corrected chi connectivity index (χ0v) is 14.0. The molecule has 21 heavy (non-hydrogen) atoms. The van der Waals surface area contributed by atoms with Gasteiger partial charge in [-0.15, -0.1) is 12.4 Å². The lowest BCUT2D eigenvalue weighted by molar-refractivity contribution is -0.121. The fourth-order valence-corrected chi connectivity index (χ4v) is 2.30. The number of nitrogens with one attached hydrogen (secondary N) is 2. The summed E-state index contributed by atoms with van der Waals surface area (Å²) in [6, 6.07) is 10.4. The van der Waals surface area contributed by atoms with Crippen molar-refractivity contribution in [1.82, 2.24) is 10.6 Å². The summed E-state index contributed by atoms with van der Waals surface area (Å²) in [5.74, 6) is 0.892. The molecular weight excluding hydrogens is 284 g/mol. The number of hydrogen-bond acceptors (Lipinski definition) is 2. The van der Waals surface area contributed by atoms with Crippen molar-refractivity contribution in [3.8, 4) is 0 Å². The number of benzene rings is 1. The van der Waals surface area contributed by atoms with E-state index in [1.807, 2.05) is 18.2 Å². The molecule has 3 nitrogen and oxygen atoms in total. The van der Waals surface area contributed by atoms with Crippen LogP contribution in [-0.4, -0.2) is 25.0 Å². The van der Waals surface area contributed by atoms with Crippen LogP contribution in [0.5, 0.6) is 0 Å². The normalized spacial score (nSPS) is 16.0. The predicted octanol–water partition coefficient (Wildman–Crippen LogP) is 2.89. The zero-order chi connectivity index (χ0) is 14.6. The highest BCUT2D eigenvalue weighted by atomic mass is 35.5. The van der Waals surface area contributed by atoms with Crippen LogP contribution in [0.25, 0.3) is 0 Å². The summed E-state index contributed by atoms with van der Waals surface area (Å²) in [6.07, 6.45) is 2.62. The molecule has 0 radical (unpaired) electrons. The van der Waals surface area contributed by atoms with Gasteiger partial charge in [-0.25, -0.2) is 0 Å². The first-order valence-corrected chi connectivity index (χ1v) is 7.55. The van der Waals surface area contributed by atoms with Crippen LogP contribution < -0.4 is 10.6 Å². The Morgan fingerprint density at radius 2 is 1.90 bits per heavy atom. The van der Waals surface area contributed by atoms with Crippen molar-refractivity contribution in [3.05, 3.63) is 35.9 Å². The van der Waals surface area contributed by atoms with Crippen LogP contribution in [0.2, 0.25) is 0 Å². The van der Waals surface area contributed by atoms with E-state index >= 15 is 0 Å². The Bertz CT molecular complexity index is 443. The first-order chi connectivity index (χ1) is 9.50. The van der Waals surface area contributed by atoms with E-state index in [2.05, 4.69) is 43.5 Å². The third-order valence-electron chi connectivity index (χ3n) is 4.39. The van der Waals surface area contributed by atoms with Crippen molar-refractivity contribution in [2.45, 2.75) is 45.1 Å². The summed E-state index contributed by atoms with van der Waals surface area (Å²) in [6.45, 7) is 7.82. The molecule has 118 valence electrons. The van der Waals surface area contributed by atoms with Crippen LogP contribution in [0, 0.1) is 5.92 Å². The maximum absolute atomic E-state index is 12.0. The number of carbonyl (C=O) groups excluding carboxylic acids is 1. The first-order valence-electron chi connectivity index (χ1n) is 7.55. The summed E-state index contributed by atoms with van der Waals surface area (Å²) < 4.78 is 0. The van der Waals surface area contributed by atoms with Crippen molar-refractivity contribution >= 4 is 18.3 Å². The van der Waals surface area contributed by atoms with Crippen molar-refractivity contribution < 1.29 is 4.79 Å². The molecule has 1 unspecified atom stereocenters. The van der Waals surface area contributed by atoms with Crippen LogP contribution >= 0.6 is 12.4 Å². The maximum Gasteiger partial charge on any atom is 0.234 e. The molecule has 0 bridgehead atoms. The quantitative estimate of drug-likeness (QED) is 0.813. The van der Waals surface area contributed by atoms with Gasteiger partial charge in [0, 0.05) is 11.5 Å². The highest BCUT2D eigenvalue weighted by Crippen LogP contribution is 2.28.